The molecule has 0 saturated carbocycles. The van der Waals surface area contributed by atoms with Gasteiger partial charge < -0.3 is 10.6 Å². The van der Waals surface area contributed by atoms with Crippen LogP contribution in [0.25, 0.3) is 0 Å². The van der Waals surface area contributed by atoms with Crippen LogP contribution < -0.4 is 5.73 Å². The zero-order chi connectivity index (χ0) is 15.7. The maximum Gasteiger partial charge on any atom is 0.260 e. The largest absolute Gasteiger partial charge is 0.338 e. The van der Waals surface area contributed by atoms with Gasteiger partial charge in [0.25, 0.3) is 5.91 Å². The second kappa shape index (κ2) is 5.97. The lowest BCUT2D eigenvalue weighted by atomic mass is 9.96. The highest BCUT2D eigenvalue weighted by molar-refractivity contribution is 5.95. The average molecular weight is 308 g/mol. The van der Waals surface area contributed by atoms with Gasteiger partial charge in [-0.05, 0) is 25.3 Å². The molecule has 1 aromatic carbocycles. The van der Waals surface area contributed by atoms with Gasteiger partial charge in [0.15, 0.2) is 23.3 Å². The van der Waals surface area contributed by atoms with Crippen LogP contribution in [0.1, 0.15) is 23.2 Å². The predicted octanol–water partition coefficient (Wildman–Crippen LogP) is 2.19. The van der Waals surface area contributed by atoms with E-state index in [-0.39, 0.29) is 19.0 Å². The van der Waals surface area contributed by atoms with Crippen molar-refractivity contribution >= 4 is 5.91 Å². The van der Waals surface area contributed by atoms with E-state index in [0.717, 1.165) is 4.90 Å². The van der Waals surface area contributed by atoms with E-state index >= 15 is 0 Å². The van der Waals surface area contributed by atoms with Gasteiger partial charge in [-0.2, -0.15) is 0 Å². The smallest absolute Gasteiger partial charge is 0.260 e. The number of likely N-dealkylation sites (tertiary alicyclic amines) is 1. The van der Waals surface area contributed by atoms with Crippen LogP contribution >= 0.6 is 0 Å². The van der Waals surface area contributed by atoms with Crippen LogP contribution in [0.2, 0.25) is 0 Å². The summed E-state index contributed by atoms with van der Waals surface area (Å²) in [6.07, 6.45) is 1.05. The van der Waals surface area contributed by atoms with E-state index in [0.29, 0.717) is 19.4 Å². The lowest BCUT2D eigenvalue weighted by Crippen LogP contribution is -2.41. The average Bonchev–Trinajstić information content (AvgIpc) is 2.51. The number of nitrogens with zero attached hydrogens (tertiary/aromatic N) is 1. The van der Waals surface area contributed by atoms with E-state index in [1.165, 1.54) is 0 Å². The molecule has 8 heteroatoms. The number of nitrogens with two attached hydrogens (primary N) is 1. The first-order valence-corrected chi connectivity index (χ1v) is 6.39. The summed E-state index contributed by atoms with van der Waals surface area (Å²) in [4.78, 5) is 13.1. The Balaban J connectivity index is 2.32. The molecule has 0 aliphatic carbocycles. The molecule has 0 radical (unpaired) electrons. The number of amides is 1. The number of halogens is 5. The van der Waals surface area contributed by atoms with E-state index in [1.807, 2.05) is 0 Å². The lowest BCUT2D eigenvalue weighted by molar-refractivity contribution is 0.0680. The quantitative estimate of drug-likeness (QED) is 0.517. The van der Waals surface area contributed by atoms with Gasteiger partial charge in [0, 0.05) is 13.1 Å². The van der Waals surface area contributed by atoms with E-state index in [1.54, 1.807) is 0 Å². The molecule has 0 atom stereocenters. The molecule has 2 rings (SSSR count). The van der Waals surface area contributed by atoms with Crippen molar-refractivity contribution in [2.75, 3.05) is 19.6 Å². The molecule has 0 unspecified atom stereocenters. The molecule has 1 aliphatic rings. The lowest BCUT2D eigenvalue weighted by Gasteiger charge is -2.31. The maximum atomic E-state index is 13.6. The highest BCUT2D eigenvalue weighted by Crippen LogP contribution is 2.26. The normalized spacial score (nSPS) is 16.4. The number of carbonyl (C=O) groups excluding carboxylic acids is 1. The summed E-state index contributed by atoms with van der Waals surface area (Å²) in [5.41, 5.74) is 4.07. The molecule has 21 heavy (non-hydrogen) atoms. The van der Waals surface area contributed by atoms with Crippen molar-refractivity contribution in [1.29, 1.82) is 0 Å². The van der Waals surface area contributed by atoms with Gasteiger partial charge in [0.05, 0.1) is 0 Å². The van der Waals surface area contributed by atoms with Crippen molar-refractivity contribution in [3.05, 3.63) is 34.6 Å². The van der Waals surface area contributed by atoms with Crippen molar-refractivity contribution in [3.63, 3.8) is 0 Å². The SMILES string of the molecule is NCC1CCN(C(=O)c2c(F)c(F)c(F)c(F)c2F)CC1. The van der Waals surface area contributed by atoms with Crippen molar-refractivity contribution in [2.24, 2.45) is 11.7 Å². The Morgan fingerprint density at radius 2 is 1.38 bits per heavy atom. The molecular weight excluding hydrogens is 295 g/mol. The minimum Gasteiger partial charge on any atom is -0.338 e. The number of piperidine rings is 1. The van der Waals surface area contributed by atoms with Gasteiger partial charge in [-0.25, -0.2) is 22.0 Å². The van der Waals surface area contributed by atoms with E-state index in [4.69, 9.17) is 5.73 Å². The summed E-state index contributed by atoms with van der Waals surface area (Å²) in [6, 6.07) is 0. The fraction of sp³-hybridized carbons (Fsp3) is 0.462. The molecule has 1 heterocycles. The summed E-state index contributed by atoms with van der Waals surface area (Å²) < 4.78 is 66.3. The Morgan fingerprint density at radius 1 is 0.952 bits per heavy atom. The Kier molecular flexibility index (Phi) is 4.46. The highest BCUT2D eigenvalue weighted by Gasteiger charge is 2.33. The highest BCUT2D eigenvalue weighted by atomic mass is 19.2. The molecular formula is C13H13F5N2O. The topological polar surface area (TPSA) is 46.3 Å². The number of hydrogen-bond donors (Lipinski definition) is 1. The van der Waals surface area contributed by atoms with E-state index in [2.05, 4.69) is 0 Å². The number of carbonyl (C=O) groups is 1. The molecule has 1 aromatic rings. The molecule has 3 nitrogen and oxygen atoms in total. The first-order chi connectivity index (χ1) is 9.88. The zero-order valence-corrected chi connectivity index (χ0v) is 10.9. The zero-order valence-electron chi connectivity index (χ0n) is 10.9. The molecule has 1 fully saturated rings. The Morgan fingerprint density at radius 3 is 1.81 bits per heavy atom. The van der Waals surface area contributed by atoms with Crippen LogP contribution in [0.4, 0.5) is 22.0 Å². The van der Waals surface area contributed by atoms with Gasteiger partial charge in [-0.3, -0.25) is 4.79 Å². The molecule has 1 amide bonds. The summed E-state index contributed by atoms with van der Waals surface area (Å²) >= 11 is 0. The second-order valence-corrected chi connectivity index (χ2v) is 4.92. The predicted molar refractivity (Wildman–Crippen MR) is 63.9 cm³/mol. The summed E-state index contributed by atoms with van der Waals surface area (Å²) in [5.74, 6) is -11.7. The fourth-order valence-electron chi connectivity index (χ4n) is 2.32. The molecule has 1 saturated heterocycles. The number of benzene rings is 1. The van der Waals surface area contributed by atoms with Gasteiger partial charge in [-0.1, -0.05) is 0 Å². The molecule has 0 aromatic heterocycles. The van der Waals surface area contributed by atoms with Crippen LogP contribution in [0, 0.1) is 35.0 Å². The minimum absolute atomic E-state index is 0.167. The minimum atomic E-state index is -2.27. The van der Waals surface area contributed by atoms with Crippen LogP contribution in [0.5, 0.6) is 0 Å². The molecule has 116 valence electrons. The Labute approximate surface area is 117 Å². The van der Waals surface area contributed by atoms with Gasteiger partial charge >= 0.3 is 0 Å². The van der Waals surface area contributed by atoms with Crippen molar-refractivity contribution in [3.8, 4) is 0 Å². The van der Waals surface area contributed by atoms with E-state index < -0.39 is 40.6 Å². The summed E-state index contributed by atoms with van der Waals surface area (Å²) in [5, 5.41) is 0. The summed E-state index contributed by atoms with van der Waals surface area (Å²) in [7, 11) is 0. The van der Waals surface area contributed by atoms with Crippen LogP contribution in [-0.4, -0.2) is 30.4 Å². The maximum absolute atomic E-state index is 13.6. The third-order valence-electron chi connectivity index (χ3n) is 3.66. The Hall–Kier alpha value is -1.70. The monoisotopic (exact) mass is 308 g/mol. The van der Waals surface area contributed by atoms with Crippen molar-refractivity contribution < 1.29 is 26.7 Å². The number of hydrogen-bond acceptors (Lipinski definition) is 2. The molecule has 1 aliphatic heterocycles. The van der Waals surface area contributed by atoms with Crippen LogP contribution in [0.3, 0.4) is 0 Å². The van der Waals surface area contributed by atoms with Gasteiger partial charge in [0.2, 0.25) is 5.82 Å². The third-order valence-corrected chi connectivity index (χ3v) is 3.66. The van der Waals surface area contributed by atoms with Crippen LogP contribution in [-0.2, 0) is 0 Å². The van der Waals surface area contributed by atoms with Gasteiger partial charge in [-0.15, -0.1) is 0 Å². The first-order valence-electron chi connectivity index (χ1n) is 6.39. The van der Waals surface area contributed by atoms with Gasteiger partial charge in [0.1, 0.15) is 5.56 Å². The first kappa shape index (κ1) is 15.7. The third kappa shape index (κ3) is 2.72. The van der Waals surface area contributed by atoms with Crippen LogP contribution in [0.15, 0.2) is 0 Å². The summed E-state index contributed by atoms with van der Waals surface area (Å²) in [6.45, 7) is 0.755. The standard InChI is InChI=1S/C13H13F5N2O/c14-8-7(9(15)11(17)12(18)10(8)16)13(21)20-3-1-6(5-19)2-4-20/h6H,1-5,19H2. The molecule has 0 spiro atoms. The number of rotatable bonds is 2. The molecule has 0 bridgehead atoms. The second-order valence-electron chi connectivity index (χ2n) is 4.92. The fourth-order valence-corrected chi connectivity index (χ4v) is 2.32. The van der Waals surface area contributed by atoms with E-state index in [9.17, 15) is 26.7 Å². The Bertz CT molecular complexity index is 541. The van der Waals surface area contributed by atoms with Crippen molar-refractivity contribution in [2.45, 2.75) is 12.8 Å². The van der Waals surface area contributed by atoms with Crippen molar-refractivity contribution in [1.82, 2.24) is 4.90 Å². The molecule has 2 N–H and O–H groups in total.